The average Bonchev–Trinajstić information content (AvgIpc) is 2.79. The number of aliphatic hydroxyl groups excluding tert-OH is 1. The van der Waals surface area contributed by atoms with E-state index < -0.39 is 7.82 Å². The molecule has 2 atom stereocenters. The summed E-state index contributed by atoms with van der Waals surface area (Å²) in [4.78, 5) is 0. The number of unbranched alkanes of at least 4 members (excludes halogenated alkanes) is 7. The second kappa shape index (κ2) is 28.3. The minimum atomic E-state index is -3.48. The van der Waals surface area contributed by atoms with Gasteiger partial charge in [-0.3, -0.25) is 13.6 Å². The number of aliphatic hydroxyl groups is 1. The van der Waals surface area contributed by atoms with Gasteiger partial charge in [0.15, 0.2) is 0 Å². The summed E-state index contributed by atoms with van der Waals surface area (Å²) in [7, 11) is -3.48. The van der Waals surface area contributed by atoms with Crippen molar-refractivity contribution in [2.24, 2.45) is 11.8 Å². The van der Waals surface area contributed by atoms with E-state index in [1.165, 1.54) is 51.4 Å². The zero-order valence-corrected chi connectivity index (χ0v) is 24.0. The van der Waals surface area contributed by atoms with Crippen LogP contribution in [-0.4, -0.2) is 31.5 Å². The highest BCUT2D eigenvalue weighted by atomic mass is 31.2. The third-order valence-electron chi connectivity index (χ3n) is 5.77. The van der Waals surface area contributed by atoms with Crippen molar-refractivity contribution in [3.63, 3.8) is 0 Å². The molecule has 0 aliphatic rings. The first kappa shape index (κ1) is 37.6. The van der Waals surface area contributed by atoms with Crippen LogP contribution < -0.4 is 6.15 Å². The first-order valence-electron chi connectivity index (χ1n) is 13.6. The Hall–Kier alpha value is 0.0300. The van der Waals surface area contributed by atoms with Gasteiger partial charge in [0.25, 0.3) is 0 Å². The Morgan fingerprint density at radius 3 is 1.42 bits per heavy atom. The quantitative estimate of drug-likeness (QED) is 0.114. The van der Waals surface area contributed by atoms with E-state index in [0.717, 1.165) is 38.5 Å². The molecule has 0 fully saturated rings. The van der Waals surface area contributed by atoms with Gasteiger partial charge in [-0.15, -0.1) is 0 Å². The third-order valence-corrected chi connectivity index (χ3v) is 7.20. The van der Waals surface area contributed by atoms with Crippen molar-refractivity contribution in [1.29, 1.82) is 0 Å². The molecule has 4 N–H and O–H groups in total. The molecule has 0 saturated carbocycles. The van der Waals surface area contributed by atoms with E-state index in [1.54, 1.807) is 6.92 Å². The Labute approximate surface area is 207 Å². The van der Waals surface area contributed by atoms with Crippen molar-refractivity contribution in [2.75, 3.05) is 26.4 Å². The molecule has 6 nitrogen and oxygen atoms in total. The van der Waals surface area contributed by atoms with Gasteiger partial charge in [0, 0.05) is 6.61 Å². The first-order chi connectivity index (χ1) is 15.5. The van der Waals surface area contributed by atoms with Crippen molar-refractivity contribution in [1.82, 2.24) is 6.15 Å². The van der Waals surface area contributed by atoms with Crippen LogP contribution in [0.25, 0.3) is 0 Å². The van der Waals surface area contributed by atoms with Crippen LogP contribution in [0, 0.1) is 11.8 Å². The molecule has 0 heterocycles. The van der Waals surface area contributed by atoms with Gasteiger partial charge in [-0.05, 0) is 38.0 Å². The van der Waals surface area contributed by atoms with E-state index in [2.05, 4.69) is 34.6 Å². The lowest BCUT2D eigenvalue weighted by Crippen LogP contribution is -2.14. The molecule has 2 unspecified atom stereocenters. The van der Waals surface area contributed by atoms with Gasteiger partial charge in [-0.2, -0.15) is 0 Å². The topological polar surface area (TPSA) is 100.0 Å². The molecular formula is C26H60NO5P. The lowest BCUT2D eigenvalue weighted by molar-refractivity contribution is 0.0832. The number of hydrogen-bond acceptors (Lipinski definition) is 6. The number of phosphoric acid groups is 1. The summed E-state index contributed by atoms with van der Waals surface area (Å²) in [6.07, 6.45) is 16.1. The summed E-state index contributed by atoms with van der Waals surface area (Å²) in [5.74, 6) is 0.846. The van der Waals surface area contributed by atoms with E-state index in [0.29, 0.717) is 31.7 Å². The molecule has 0 aliphatic heterocycles. The number of rotatable bonds is 22. The van der Waals surface area contributed by atoms with Gasteiger partial charge >= 0.3 is 7.82 Å². The Morgan fingerprint density at radius 1 is 0.636 bits per heavy atom. The predicted molar refractivity (Wildman–Crippen MR) is 143 cm³/mol. The molecule has 0 radical (unpaired) electrons. The van der Waals surface area contributed by atoms with Crippen molar-refractivity contribution >= 4 is 7.82 Å². The zero-order chi connectivity index (χ0) is 24.5. The maximum absolute atomic E-state index is 13.3. The van der Waals surface area contributed by atoms with Gasteiger partial charge in [-0.25, -0.2) is 4.57 Å². The molecule has 0 spiro atoms. The summed E-state index contributed by atoms with van der Waals surface area (Å²) >= 11 is 0. The van der Waals surface area contributed by atoms with Crippen LogP contribution in [-0.2, 0) is 18.1 Å². The highest BCUT2D eigenvalue weighted by Crippen LogP contribution is 2.50. The van der Waals surface area contributed by atoms with Crippen LogP contribution in [0.3, 0.4) is 0 Å². The van der Waals surface area contributed by atoms with E-state index in [1.807, 2.05) is 0 Å². The van der Waals surface area contributed by atoms with Gasteiger partial charge in [0.1, 0.15) is 0 Å². The van der Waals surface area contributed by atoms with Gasteiger partial charge < -0.3 is 11.3 Å². The van der Waals surface area contributed by atoms with Crippen LogP contribution in [0.2, 0.25) is 0 Å². The maximum atomic E-state index is 13.3. The Balaban J connectivity index is -0.00000212. The largest absolute Gasteiger partial charge is 0.474 e. The summed E-state index contributed by atoms with van der Waals surface area (Å²) in [6, 6.07) is 0. The molecule has 0 saturated heterocycles. The van der Waals surface area contributed by atoms with Gasteiger partial charge in [0.05, 0.1) is 19.8 Å². The molecular weight excluding hydrogens is 437 g/mol. The summed E-state index contributed by atoms with van der Waals surface area (Å²) < 4.78 is 30.7. The molecule has 7 heteroatoms. The Morgan fingerprint density at radius 2 is 1.03 bits per heavy atom. The summed E-state index contributed by atoms with van der Waals surface area (Å²) in [5.41, 5.74) is 0. The Kier molecular flexibility index (Phi) is 32.2. The van der Waals surface area contributed by atoms with E-state index in [4.69, 9.17) is 18.7 Å². The van der Waals surface area contributed by atoms with Crippen molar-refractivity contribution < 1.29 is 23.2 Å². The predicted octanol–water partition coefficient (Wildman–Crippen LogP) is 9.10. The fourth-order valence-electron chi connectivity index (χ4n) is 3.36. The standard InChI is InChI=1S/C24H51O4P.C2H6O.H3N/c1-6-11-14-15-16-17-20-26-29(25,27-21-23(9-4)18-12-7-2)28-22-24(10-5)19-13-8-3;1-2-3;/h23-24H,6-22H2,1-5H3;3H,2H2,1H3;1H3. The van der Waals surface area contributed by atoms with E-state index in [9.17, 15) is 4.57 Å². The van der Waals surface area contributed by atoms with Crippen LogP contribution in [0.15, 0.2) is 0 Å². The molecule has 0 amide bonds. The number of hydrogen-bond donors (Lipinski definition) is 2. The van der Waals surface area contributed by atoms with E-state index >= 15 is 0 Å². The van der Waals surface area contributed by atoms with Crippen LogP contribution in [0.4, 0.5) is 0 Å². The highest BCUT2D eigenvalue weighted by molar-refractivity contribution is 7.48. The van der Waals surface area contributed by atoms with E-state index in [-0.39, 0.29) is 12.8 Å². The van der Waals surface area contributed by atoms with Gasteiger partial charge in [0.2, 0.25) is 0 Å². The lowest BCUT2D eigenvalue weighted by Gasteiger charge is -2.23. The maximum Gasteiger partial charge on any atom is 0.474 e. The third kappa shape index (κ3) is 24.9. The average molecular weight is 498 g/mol. The smallest absolute Gasteiger partial charge is 0.397 e. The fourth-order valence-corrected chi connectivity index (χ4v) is 4.72. The highest BCUT2D eigenvalue weighted by Gasteiger charge is 2.29. The molecule has 0 aliphatic carbocycles. The van der Waals surface area contributed by atoms with Crippen molar-refractivity contribution in [2.45, 2.75) is 131 Å². The van der Waals surface area contributed by atoms with Gasteiger partial charge in [-0.1, -0.05) is 105 Å². The van der Waals surface area contributed by atoms with Crippen LogP contribution in [0.1, 0.15) is 131 Å². The van der Waals surface area contributed by atoms with Crippen LogP contribution >= 0.6 is 7.82 Å². The van der Waals surface area contributed by atoms with Crippen molar-refractivity contribution in [3.8, 4) is 0 Å². The molecule has 33 heavy (non-hydrogen) atoms. The fraction of sp³-hybridized carbons (Fsp3) is 1.00. The Bertz CT molecular complexity index is 388. The molecule has 0 rings (SSSR count). The first-order valence-corrected chi connectivity index (χ1v) is 15.1. The lowest BCUT2D eigenvalue weighted by atomic mass is 10.0. The van der Waals surface area contributed by atoms with Crippen molar-refractivity contribution in [3.05, 3.63) is 0 Å². The molecule has 0 aromatic rings. The second-order valence-electron chi connectivity index (χ2n) is 8.79. The van der Waals surface area contributed by atoms with Crippen LogP contribution in [0.5, 0.6) is 0 Å². The minimum absolute atomic E-state index is 0. The normalized spacial score (nSPS) is 14.5. The molecule has 0 aromatic carbocycles. The summed E-state index contributed by atoms with van der Waals surface area (Å²) in [6.45, 7) is 14.3. The minimum Gasteiger partial charge on any atom is -0.397 e. The SMILES string of the molecule is CCCCCCCCOP(=O)(OCC(CC)CCCC)OCC(CC)CCCC.CCO.N. The zero-order valence-electron chi connectivity index (χ0n) is 23.1. The molecule has 0 aromatic heterocycles. The number of phosphoric ester groups is 1. The monoisotopic (exact) mass is 497 g/mol. The molecule has 0 bridgehead atoms. The second-order valence-corrected chi connectivity index (χ2v) is 10.5. The summed E-state index contributed by atoms with van der Waals surface area (Å²) in [5, 5.41) is 7.57. The molecule has 204 valence electrons.